The molecule has 100 valence electrons. The van der Waals surface area contributed by atoms with Crippen molar-refractivity contribution in [1.29, 1.82) is 0 Å². The lowest BCUT2D eigenvalue weighted by Gasteiger charge is -2.32. The second-order valence-corrected chi connectivity index (χ2v) is 4.61. The standard InChI is InChI=1S/C11H23N3O3/c1-6-12-10(17)13-9(16)7(2)14-11(4,5)8(3)15/h7-8,14-15H,6H2,1-5H3,(H2,12,13,16,17). The molecule has 0 aromatic rings. The normalized spacial score (nSPS) is 14.9. The molecular weight excluding hydrogens is 222 g/mol. The first kappa shape index (κ1) is 15.9. The molecule has 0 aliphatic rings. The summed E-state index contributed by atoms with van der Waals surface area (Å²) >= 11 is 0. The monoisotopic (exact) mass is 245 g/mol. The summed E-state index contributed by atoms with van der Waals surface area (Å²) < 4.78 is 0. The van der Waals surface area contributed by atoms with Crippen LogP contribution in [0.5, 0.6) is 0 Å². The van der Waals surface area contributed by atoms with E-state index in [4.69, 9.17) is 0 Å². The molecule has 2 atom stereocenters. The average molecular weight is 245 g/mol. The summed E-state index contributed by atoms with van der Waals surface area (Å²) in [7, 11) is 0. The van der Waals surface area contributed by atoms with E-state index >= 15 is 0 Å². The first-order chi connectivity index (χ1) is 7.70. The largest absolute Gasteiger partial charge is 0.392 e. The van der Waals surface area contributed by atoms with E-state index in [1.165, 1.54) is 0 Å². The second kappa shape index (κ2) is 6.56. The maximum Gasteiger partial charge on any atom is 0.321 e. The lowest BCUT2D eigenvalue weighted by atomic mass is 9.97. The number of urea groups is 1. The summed E-state index contributed by atoms with van der Waals surface area (Å²) in [6.45, 7) is 9.07. The smallest absolute Gasteiger partial charge is 0.321 e. The van der Waals surface area contributed by atoms with E-state index in [1.807, 2.05) is 0 Å². The van der Waals surface area contributed by atoms with Crippen LogP contribution < -0.4 is 16.0 Å². The Hall–Kier alpha value is -1.14. The van der Waals surface area contributed by atoms with Gasteiger partial charge < -0.3 is 10.4 Å². The van der Waals surface area contributed by atoms with Crippen molar-refractivity contribution < 1.29 is 14.7 Å². The van der Waals surface area contributed by atoms with Crippen molar-refractivity contribution in [2.24, 2.45) is 0 Å². The zero-order chi connectivity index (χ0) is 13.6. The van der Waals surface area contributed by atoms with Crippen LogP contribution in [-0.4, -0.2) is 41.3 Å². The van der Waals surface area contributed by atoms with E-state index in [2.05, 4.69) is 16.0 Å². The third-order valence-electron chi connectivity index (χ3n) is 2.60. The molecule has 3 amide bonds. The molecule has 17 heavy (non-hydrogen) atoms. The van der Waals surface area contributed by atoms with E-state index in [0.717, 1.165) is 0 Å². The molecule has 6 nitrogen and oxygen atoms in total. The lowest BCUT2D eigenvalue weighted by molar-refractivity contribution is -0.122. The minimum atomic E-state index is -0.609. The molecule has 0 saturated carbocycles. The highest BCUT2D eigenvalue weighted by Gasteiger charge is 2.28. The number of aliphatic hydroxyl groups is 1. The number of carbonyl (C=O) groups excluding carboxylic acids is 2. The van der Waals surface area contributed by atoms with Gasteiger partial charge in [-0.3, -0.25) is 15.4 Å². The van der Waals surface area contributed by atoms with Crippen LogP contribution in [0.15, 0.2) is 0 Å². The van der Waals surface area contributed by atoms with Gasteiger partial charge in [-0.1, -0.05) is 0 Å². The number of aliphatic hydroxyl groups excluding tert-OH is 1. The maximum atomic E-state index is 11.6. The van der Waals surface area contributed by atoms with Crippen molar-refractivity contribution in [3.8, 4) is 0 Å². The molecule has 0 aromatic heterocycles. The Balaban J connectivity index is 4.28. The Morgan fingerprint density at radius 3 is 2.24 bits per heavy atom. The number of imide groups is 1. The third kappa shape index (κ3) is 5.65. The van der Waals surface area contributed by atoms with Crippen LogP contribution in [0.2, 0.25) is 0 Å². The van der Waals surface area contributed by atoms with Crippen LogP contribution in [0, 0.1) is 0 Å². The number of hydrogen-bond donors (Lipinski definition) is 4. The number of amides is 3. The number of rotatable bonds is 5. The van der Waals surface area contributed by atoms with E-state index in [-0.39, 0.29) is 0 Å². The molecule has 0 radical (unpaired) electrons. The minimum absolute atomic E-state index is 0.426. The molecule has 2 unspecified atom stereocenters. The second-order valence-electron chi connectivity index (χ2n) is 4.61. The van der Waals surface area contributed by atoms with Gasteiger partial charge in [0.2, 0.25) is 5.91 Å². The van der Waals surface area contributed by atoms with Crippen LogP contribution >= 0.6 is 0 Å². The van der Waals surface area contributed by atoms with E-state index in [0.29, 0.717) is 6.54 Å². The van der Waals surface area contributed by atoms with Gasteiger partial charge in [0.25, 0.3) is 0 Å². The van der Waals surface area contributed by atoms with Gasteiger partial charge in [-0.15, -0.1) is 0 Å². The molecular formula is C11H23N3O3. The van der Waals surface area contributed by atoms with Gasteiger partial charge >= 0.3 is 6.03 Å². The molecule has 0 aliphatic carbocycles. The van der Waals surface area contributed by atoms with Crippen LogP contribution in [0.4, 0.5) is 4.79 Å². The number of hydrogen-bond acceptors (Lipinski definition) is 4. The molecule has 0 saturated heterocycles. The van der Waals surface area contributed by atoms with E-state index in [1.54, 1.807) is 34.6 Å². The Morgan fingerprint density at radius 2 is 1.82 bits per heavy atom. The van der Waals surface area contributed by atoms with Crippen LogP contribution in [0.1, 0.15) is 34.6 Å². The van der Waals surface area contributed by atoms with Gasteiger partial charge in [0.1, 0.15) is 0 Å². The van der Waals surface area contributed by atoms with Crippen molar-refractivity contribution >= 4 is 11.9 Å². The van der Waals surface area contributed by atoms with Gasteiger partial charge in [-0.2, -0.15) is 0 Å². The van der Waals surface area contributed by atoms with Crippen LogP contribution in [0.25, 0.3) is 0 Å². The minimum Gasteiger partial charge on any atom is -0.392 e. The van der Waals surface area contributed by atoms with Crippen molar-refractivity contribution in [3.05, 3.63) is 0 Å². The lowest BCUT2D eigenvalue weighted by Crippen LogP contribution is -2.57. The average Bonchev–Trinajstić information content (AvgIpc) is 2.16. The first-order valence-electron chi connectivity index (χ1n) is 5.75. The Morgan fingerprint density at radius 1 is 1.29 bits per heavy atom. The van der Waals surface area contributed by atoms with E-state index in [9.17, 15) is 14.7 Å². The van der Waals surface area contributed by atoms with Crippen LogP contribution in [-0.2, 0) is 4.79 Å². The SMILES string of the molecule is CCNC(=O)NC(=O)C(C)NC(C)(C)C(C)O. The van der Waals surface area contributed by atoms with Crippen molar-refractivity contribution in [1.82, 2.24) is 16.0 Å². The number of nitrogens with one attached hydrogen (secondary N) is 3. The quantitative estimate of drug-likeness (QED) is 0.547. The Labute approximate surface area is 102 Å². The molecule has 0 spiro atoms. The Bertz CT molecular complexity index is 277. The summed E-state index contributed by atoms with van der Waals surface area (Å²) in [6, 6.07) is -1.08. The molecule has 0 bridgehead atoms. The molecule has 6 heteroatoms. The predicted molar refractivity (Wildman–Crippen MR) is 65.6 cm³/mol. The van der Waals surface area contributed by atoms with Crippen molar-refractivity contribution in [2.45, 2.75) is 52.3 Å². The van der Waals surface area contributed by atoms with E-state index < -0.39 is 29.6 Å². The highest BCUT2D eigenvalue weighted by Crippen LogP contribution is 2.09. The molecule has 0 rings (SSSR count). The van der Waals surface area contributed by atoms with Crippen molar-refractivity contribution in [3.63, 3.8) is 0 Å². The first-order valence-corrected chi connectivity index (χ1v) is 5.75. The fourth-order valence-electron chi connectivity index (χ4n) is 1.17. The van der Waals surface area contributed by atoms with Crippen LogP contribution in [0.3, 0.4) is 0 Å². The maximum absolute atomic E-state index is 11.6. The number of carbonyl (C=O) groups is 2. The highest BCUT2D eigenvalue weighted by atomic mass is 16.3. The summed E-state index contributed by atoms with van der Waals surface area (Å²) in [5.74, 6) is -0.426. The van der Waals surface area contributed by atoms with Crippen molar-refractivity contribution in [2.75, 3.05) is 6.54 Å². The van der Waals surface area contributed by atoms with Gasteiger partial charge in [0.05, 0.1) is 12.1 Å². The third-order valence-corrected chi connectivity index (χ3v) is 2.60. The summed E-state index contributed by atoms with van der Waals surface area (Å²) in [5, 5.41) is 17.1. The molecule has 0 heterocycles. The van der Waals surface area contributed by atoms with Gasteiger partial charge in [-0.25, -0.2) is 4.79 Å². The molecule has 0 fully saturated rings. The zero-order valence-electron chi connectivity index (χ0n) is 11.1. The van der Waals surface area contributed by atoms with Gasteiger partial charge in [-0.05, 0) is 34.6 Å². The molecule has 0 aliphatic heterocycles. The van der Waals surface area contributed by atoms with Gasteiger partial charge in [0, 0.05) is 12.1 Å². The summed E-state index contributed by atoms with van der Waals surface area (Å²) in [4.78, 5) is 22.7. The topological polar surface area (TPSA) is 90.5 Å². The predicted octanol–water partition coefficient (Wildman–Crippen LogP) is -0.0304. The molecule has 0 aromatic carbocycles. The molecule has 4 N–H and O–H groups in total. The summed E-state index contributed by atoms with van der Waals surface area (Å²) in [5.41, 5.74) is -0.599. The fourth-order valence-corrected chi connectivity index (χ4v) is 1.17. The van der Waals surface area contributed by atoms with Gasteiger partial charge in [0.15, 0.2) is 0 Å². The Kier molecular flexibility index (Phi) is 6.12. The summed E-state index contributed by atoms with van der Waals surface area (Å²) in [6.07, 6.45) is -0.609. The fraction of sp³-hybridized carbons (Fsp3) is 0.818. The zero-order valence-corrected chi connectivity index (χ0v) is 11.1. The highest BCUT2D eigenvalue weighted by molar-refractivity contribution is 5.96.